The molecule has 0 radical (unpaired) electrons. The van der Waals surface area contributed by atoms with Gasteiger partial charge in [-0.2, -0.15) is 13.2 Å². The van der Waals surface area contributed by atoms with E-state index in [1.165, 1.54) is 0 Å². The molecule has 11 heteroatoms. The summed E-state index contributed by atoms with van der Waals surface area (Å²) in [5.41, 5.74) is -1.56. The summed E-state index contributed by atoms with van der Waals surface area (Å²) >= 11 is 0. The van der Waals surface area contributed by atoms with E-state index >= 15 is 0 Å². The van der Waals surface area contributed by atoms with Crippen molar-refractivity contribution in [3.8, 4) is 0 Å². The molecule has 1 aromatic carbocycles. The maximum Gasteiger partial charge on any atom is 0.416 e. The largest absolute Gasteiger partial charge is 0.416 e. The number of rotatable bonds is 8. The summed E-state index contributed by atoms with van der Waals surface area (Å²) < 4.78 is 52.1. The van der Waals surface area contributed by atoms with Gasteiger partial charge in [-0.3, -0.25) is 14.5 Å². The van der Waals surface area contributed by atoms with E-state index in [-0.39, 0.29) is 30.5 Å². The van der Waals surface area contributed by atoms with E-state index in [1.54, 1.807) is 0 Å². The fourth-order valence-electron chi connectivity index (χ4n) is 4.47. The van der Waals surface area contributed by atoms with Crippen LogP contribution in [-0.4, -0.2) is 85.2 Å². The van der Waals surface area contributed by atoms with Crippen molar-refractivity contribution in [1.82, 2.24) is 20.4 Å². The molecule has 2 fully saturated rings. The zero-order valence-electron chi connectivity index (χ0n) is 19.0. The summed E-state index contributed by atoms with van der Waals surface area (Å²) in [5, 5.41) is 14.8. The second-order valence-electron chi connectivity index (χ2n) is 8.99. The highest BCUT2D eigenvalue weighted by atomic mass is 19.4. The lowest BCUT2D eigenvalue weighted by Gasteiger charge is -2.36. The molecular formula is C23H32F4N4O3. The van der Waals surface area contributed by atoms with Crippen LogP contribution in [0.5, 0.6) is 0 Å². The molecule has 2 amide bonds. The molecule has 2 saturated heterocycles. The molecule has 0 spiro atoms. The Balaban J connectivity index is 1.39. The number of amides is 2. The van der Waals surface area contributed by atoms with Crippen LogP contribution < -0.4 is 10.6 Å². The Hall–Kier alpha value is -2.24. The van der Waals surface area contributed by atoms with Crippen LogP contribution >= 0.6 is 0 Å². The number of halogens is 4. The van der Waals surface area contributed by atoms with Gasteiger partial charge in [0, 0.05) is 50.9 Å². The first-order valence-corrected chi connectivity index (χ1v) is 11.7. The molecule has 0 bridgehead atoms. The minimum Gasteiger partial charge on any atom is -0.395 e. The highest BCUT2D eigenvalue weighted by Gasteiger charge is 2.32. The standard InChI is InChI=1S/C23H32F4N4O3/c24-19-12-17(11-18(13-19)23(25,26)27)22(34)29-14-16-1-8-31(9-2-16)21(33)15-30-6-3-20(4-7-30)28-5-10-32/h11-13,16,20,28,32H,1-10,14-15H2,(H,29,34). The number of benzene rings is 1. The van der Waals surface area contributed by atoms with Crippen LogP contribution in [-0.2, 0) is 11.0 Å². The second kappa shape index (κ2) is 11.9. The molecule has 0 saturated carbocycles. The maximum absolute atomic E-state index is 13.5. The van der Waals surface area contributed by atoms with Gasteiger partial charge in [-0.15, -0.1) is 0 Å². The maximum atomic E-state index is 13.5. The van der Waals surface area contributed by atoms with Crippen molar-refractivity contribution >= 4 is 11.8 Å². The van der Waals surface area contributed by atoms with Crippen LogP contribution in [0.3, 0.4) is 0 Å². The Labute approximate surface area is 196 Å². The number of nitrogens with zero attached hydrogens (tertiary/aromatic N) is 2. The van der Waals surface area contributed by atoms with Gasteiger partial charge in [-0.25, -0.2) is 4.39 Å². The first-order valence-electron chi connectivity index (χ1n) is 11.7. The Morgan fingerprint density at radius 1 is 1.03 bits per heavy atom. The van der Waals surface area contributed by atoms with E-state index < -0.39 is 23.5 Å². The predicted molar refractivity (Wildman–Crippen MR) is 118 cm³/mol. The van der Waals surface area contributed by atoms with E-state index in [9.17, 15) is 27.2 Å². The third-order valence-electron chi connectivity index (χ3n) is 6.50. The van der Waals surface area contributed by atoms with Crippen molar-refractivity contribution in [2.45, 2.75) is 37.9 Å². The van der Waals surface area contributed by atoms with Crippen LogP contribution in [0.4, 0.5) is 17.6 Å². The van der Waals surface area contributed by atoms with Crippen LogP contribution in [0, 0.1) is 11.7 Å². The SMILES string of the molecule is O=C(NCC1CCN(C(=O)CN2CCC(NCCO)CC2)CC1)c1cc(F)cc(C(F)(F)F)c1. The Kier molecular flexibility index (Phi) is 9.26. The number of hydrogen-bond donors (Lipinski definition) is 3. The third-order valence-corrected chi connectivity index (χ3v) is 6.50. The average Bonchev–Trinajstić information content (AvgIpc) is 2.81. The zero-order valence-corrected chi connectivity index (χ0v) is 19.0. The van der Waals surface area contributed by atoms with Crippen LogP contribution in [0.1, 0.15) is 41.6 Å². The molecule has 0 aliphatic carbocycles. The van der Waals surface area contributed by atoms with Gasteiger partial charge >= 0.3 is 6.18 Å². The zero-order chi connectivity index (χ0) is 24.7. The summed E-state index contributed by atoms with van der Waals surface area (Å²) in [4.78, 5) is 28.9. The van der Waals surface area contributed by atoms with Crippen LogP contribution in [0.25, 0.3) is 0 Å². The smallest absolute Gasteiger partial charge is 0.395 e. The monoisotopic (exact) mass is 488 g/mol. The van der Waals surface area contributed by atoms with Crippen molar-refractivity contribution in [1.29, 1.82) is 0 Å². The van der Waals surface area contributed by atoms with E-state index in [1.807, 2.05) is 4.90 Å². The van der Waals surface area contributed by atoms with E-state index in [0.717, 1.165) is 32.0 Å². The first kappa shape index (κ1) is 26.4. The lowest BCUT2D eigenvalue weighted by molar-refractivity contribution is -0.138. The second-order valence-corrected chi connectivity index (χ2v) is 8.99. The number of piperidine rings is 2. The van der Waals surface area contributed by atoms with Crippen molar-refractivity contribution in [3.05, 3.63) is 35.1 Å². The molecule has 0 unspecified atom stereocenters. The molecular weight excluding hydrogens is 456 g/mol. The van der Waals surface area contributed by atoms with Gasteiger partial charge < -0.3 is 20.6 Å². The van der Waals surface area contributed by atoms with Gasteiger partial charge in [0.25, 0.3) is 5.91 Å². The normalized spacial score (nSPS) is 18.8. The van der Waals surface area contributed by atoms with Crippen molar-refractivity contribution in [2.75, 3.05) is 52.4 Å². The van der Waals surface area contributed by atoms with Crippen LogP contribution in [0.15, 0.2) is 18.2 Å². The van der Waals surface area contributed by atoms with Crippen molar-refractivity contribution in [3.63, 3.8) is 0 Å². The lowest BCUT2D eigenvalue weighted by Crippen LogP contribution is -2.49. The topological polar surface area (TPSA) is 84.9 Å². The fourth-order valence-corrected chi connectivity index (χ4v) is 4.47. The van der Waals surface area contributed by atoms with Gasteiger partial charge in [0.15, 0.2) is 0 Å². The number of likely N-dealkylation sites (tertiary alicyclic amines) is 2. The number of hydrogen-bond acceptors (Lipinski definition) is 5. The van der Waals surface area contributed by atoms with Gasteiger partial charge in [-0.1, -0.05) is 0 Å². The minimum absolute atomic E-state index is 0.0729. The molecule has 2 aliphatic heterocycles. The Morgan fingerprint density at radius 2 is 1.71 bits per heavy atom. The quantitative estimate of drug-likeness (QED) is 0.487. The molecule has 3 N–H and O–H groups in total. The van der Waals surface area contributed by atoms with E-state index in [0.29, 0.717) is 57.2 Å². The van der Waals surface area contributed by atoms with Gasteiger partial charge in [0.05, 0.1) is 18.7 Å². The minimum atomic E-state index is -4.73. The van der Waals surface area contributed by atoms with E-state index in [2.05, 4.69) is 15.5 Å². The molecule has 34 heavy (non-hydrogen) atoms. The lowest BCUT2D eigenvalue weighted by atomic mass is 9.96. The number of nitrogens with one attached hydrogen (secondary N) is 2. The summed E-state index contributed by atoms with van der Waals surface area (Å²) in [7, 11) is 0. The first-order chi connectivity index (χ1) is 16.2. The predicted octanol–water partition coefficient (Wildman–Crippen LogP) is 1.86. The Morgan fingerprint density at radius 3 is 2.32 bits per heavy atom. The molecule has 3 rings (SSSR count). The number of aliphatic hydroxyl groups excluding tert-OH is 1. The highest BCUT2D eigenvalue weighted by molar-refractivity contribution is 5.94. The molecule has 7 nitrogen and oxygen atoms in total. The summed E-state index contributed by atoms with van der Waals surface area (Å²) in [6.45, 7) is 4.10. The van der Waals surface area contributed by atoms with Gasteiger partial charge in [0.2, 0.25) is 5.91 Å². The summed E-state index contributed by atoms with van der Waals surface area (Å²) in [5.74, 6) is -1.70. The summed E-state index contributed by atoms with van der Waals surface area (Å²) in [6, 6.07) is 2.17. The average molecular weight is 489 g/mol. The number of aliphatic hydroxyl groups is 1. The highest BCUT2D eigenvalue weighted by Crippen LogP contribution is 2.30. The molecule has 1 aromatic rings. The molecule has 2 heterocycles. The Bertz CT molecular complexity index is 836. The molecule has 2 aliphatic rings. The van der Waals surface area contributed by atoms with Crippen molar-refractivity contribution in [2.24, 2.45) is 5.92 Å². The van der Waals surface area contributed by atoms with Crippen molar-refractivity contribution < 1.29 is 32.3 Å². The third kappa shape index (κ3) is 7.64. The van der Waals surface area contributed by atoms with Crippen LogP contribution in [0.2, 0.25) is 0 Å². The molecule has 0 aromatic heterocycles. The van der Waals surface area contributed by atoms with Gasteiger partial charge in [-0.05, 0) is 49.8 Å². The van der Waals surface area contributed by atoms with E-state index in [4.69, 9.17) is 5.11 Å². The van der Waals surface area contributed by atoms with Gasteiger partial charge in [0.1, 0.15) is 5.82 Å². The number of carbonyl (C=O) groups excluding carboxylic acids is 2. The number of carbonyl (C=O) groups is 2. The molecule has 0 atom stereocenters. The fraction of sp³-hybridized carbons (Fsp3) is 0.652. The molecule has 190 valence electrons. The summed E-state index contributed by atoms with van der Waals surface area (Å²) in [6.07, 6.45) is -1.51. The number of alkyl halides is 3.